The molecule has 2 aromatic rings. The molecule has 2 rings (SSSR count). The molecule has 0 saturated carbocycles. The number of benzene rings is 2. The second-order valence-corrected chi connectivity index (χ2v) is 6.00. The lowest BCUT2D eigenvalue weighted by atomic mass is 10.2. The van der Waals surface area contributed by atoms with Crippen LogP contribution in [-0.4, -0.2) is 44.5 Å². The predicted molar refractivity (Wildman–Crippen MR) is 99.8 cm³/mol. The third kappa shape index (κ3) is 4.89. The summed E-state index contributed by atoms with van der Waals surface area (Å²) in [6.45, 7) is 0.249. The van der Waals surface area contributed by atoms with Gasteiger partial charge in [-0.05, 0) is 29.8 Å². The van der Waals surface area contributed by atoms with Crippen LogP contribution in [0.25, 0.3) is 0 Å². The summed E-state index contributed by atoms with van der Waals surface area (Å²) >= 11 is 6.10. The van der Waals surface area contributed by atoms with Gasteiger partial charge in [-0.2, -0.15) is 0 Å². The fraction of sp³-hybridized carbons (Fsp3) is 0.263. The molecule has 1 N–H and O–H groups in total. The summed E-state index contributed by atoms with van der Waals surface area (Å²) in [5.74, 6) is 0.381. The molecule has 0 heterocycles. The largest absolute Gasteiger partial charge is 0.493 e. The van der Waals surface area contributed by atoms with Crippen LogP contribution in [0.5, 0.6) is 11.5 Å². The van der Waals surface area contributed by atoms with E-state index < -0.39 is 0 Å². The minimum Gasteiger partial charge on any atom is -0.493 e. The van der Waals surface area contributed by atoms with E-state index in [1.54, 1.807) is 31.3 Å². The van der Waals surface area contributed by atoms with Crippen molar-refractivity contribution in [3.63, 3.8) is 0 Å². The summed E-state index contributed by atoms with van der Waals surface area (Å²) in [7, 11) is 4.67. The summed E-state index contributed by atoms with van der Waals surface area (Å²) in [5.41, 5.74) is 1.22. The topological polar surface area (TPSA) is 67.9 Å². The van der Waals surface area contributed by atoms with Gasteiger partial charge in [0.15, 0.2) is 11.5 Å². The molecule has 0 bridgehead atoms. The van der Waals surface area contributed by atoms with Crippen molar-refractivity contribution in [1.29, 1.82) is 0 Å². The van der Waals surface area contributed by atoms with E-state index in [9.17, 15) is 9.59 Å². The molecule has 0 atom stereocenters. The van der Waals surface area contributed by atoms with E-state index in [-0.39, 0.29) is 18.4 Å². The molecule has 0 fully saturated rings. The Morgan fingerprint density at radius 3 is 2.42 bits per heavy atom. The number of carbonyl (C=O) groups excluding carboxylic acids is 2. The highest BCUT2D eigenvalue weighted by atomic mass is 35.5. The van der Waals surface area contributed by atoms with Crippen molar-refractivity contribution in [2.75, 3.05) is 27.8 Å². The van der Waals surface area contributed by atoms with E-state index in [0.29, 0.717) is 28.6 Å². The molecular weight excluding hydrogens is 356 g/mol. The quantitative estimate of drug-likeness (QED) is 0.806. The minimum atomic E-state index is -0.370. The number of nitrogens with zero attached hydrogens (tertiary/aromatic N) is 1. The van der Waals surface area contributed by atoms with Crippen LogP contribution in [0.4, 0.5) is 0 Å². The number of rotatable bonds is 7. The second-order valence-electron chi connectivity index (χ2n) is 5.59. The van der Waals surface area contributed by atoms with Crippen molar-refractivity contribution in [3.05, 3.63) is 58.6 Å². The van der Waals surface area contributed by atoms with Crippen LogP contribution in [0.1, 0.15) is 15.9 Å². The average Bonchev–Trinajstić information content (AvgIpc) is 2.66. The molecule has 0 saturated heterocycles. The van der Waals surface area contributed by atoms with Gasteiger partial charge < -0.3 is 19.7 Å². The molecule has 2 amide bonds. The first-order chi connectivity index (χ1) is 12.5. The lowest BCUT2D eigenvalue weighted by molar-refractivity contribution is -0.129. The second kappa shape index (κ2) is 9.10. The minimum absolute atomic E-state index is 0.117. The van der Waals surface area contributed by atoms with Crippen molar-refractivity contribution < 1.29 is 19.1 Å². The number of nitrogens with one attached hydrogen (secondary N) is 1. The van der Waals surface area contributed by atoms with E-state index in [1.165, 1.54) is 19.1 Å². The highest BCUT2D eigenvalue weighted by molar-refractivity contribution is 6.31. The molecule has 0 aliphatic heterocycles. The number of halogens is 1. The van der Waals surface area contributed by atoms with Gasteiger partial charge in [0, 0.05) is 24.2 Å². The van der Waals surface area contributed by atoms with Crippen LogP contribution in [0.2, 0.25) is 5.02 Å². The Balaban J connectivity index is 1.94. The molecule has 2 aromatic carbocycles. The maximum absolute atomic E-state index is 12.3. The van der Waals surface area contributed by atoms with Crippen molar-refractivity contribution in [2.24, 2.45) is 0 Å². The van der Waals surface area contributed by atoms with E-state index in [2.05, 4.69) is 5.32 Å². The number of amides is 2. The van der Waals surface area contributed by atoms with Crippen LogP contribution in [-0.2, 0) is 11.3 Å². The van der Waals surface area contributed by atoms with Crippen molar-refractivity contribution in [3.8, 4) is 11.5 Å². The summed E-state index contributed by atoms with van der Waals surface area (Å²) < 4.78 is 10.3. The van der Waals surface area contributed by atoms with Gasteiger partial charge in [0.2, 0.25) is 5.91 Å². The summed E-state index contributed by atoms with van der Waals surface area (Å²) in [5, 5.41) is 3.21. The van der Waals surface area contributed by atoms with E-state index in [0.717, 1.165) is 5.56 Å². The first kappa shape index (κ1) is 19.6. The van der Waals surface area contributed by atoms with Gasteiger partial charge in [0.25, 0.3) is 5.91 Å². The van der Waals surface area contributed by atoms with Crippen molar-refractivity contribution in [1.82, 2.24) is 10.2 Å². The number of hydrogen-bond donors (Lipinski definition) is 1. The molecule has 138 valence electrons. The third-order valence-corrected chi connectivity index (χ3v) is 4.21. The Morgan fingerprint density at radius 2 is 1.77 bits per heavy atom. The van der Waals surface area contributed by atoms with E-state index in [1.807, 2.05) is 18.2 Å². The highest BCUT2D eigenvalue weighted by Gasteiger charge is 2.14. The Morgan fingerprint density at radius 1 is 1.08 bits per heavy atom. The normalized spacial score (nSPS) is 10.2. The highest BCUT2D eigenvalue weighted by Crippen LogP contribution is 2.27. The van der Waals surface area contributed by atoms with Crippen molar-refractivity contribution in [2.45, 2.75) is 6.54 Å². The van der Waals surface area contributed by atoms with Crippen LogP contribution in [0.3, 0.4) is 0 Å². The Labute approximate surface area is 157 Å². The molecule has 0 aliphatic carbocycles. The lowest BCUT2D eigenvalue weighted by Crippen LogP contribution is -2.37. The molecule has 0 aliphatic rings. The van der Waals surface area contributed by atoms with Crippen LogP contribution in [0.15, 0.2) is 42.5 Å². The van der Waals surface area contributed by atoms with Crippen LogP contribution in [0, 0.1) is 0 Å². The fourth-order valence-corrected chi connectivity index (χ4v) is 2.54. The van der Waals surface area contributed by atoms with Gasteiger partial charge in [-0.1, -0.05) is 29.8 Å². The van der Waals surface area contributed by atoms with Gasteiger partial charge in [-0.15, -0.1) is 0 Å². The van der Waals surface area contributed by atoms with Gasteiger partial charge in [-0.25, -0.2) is 0 Å². The molecule has 6 nitrogen and oxygen atoms in total. The smallest absolute Gasteiger partial charge is 0.251 e. The number of methoxy groups -OCH3 is 2. The first-order valence-electron chi connectivity index (χ1n) is 7.94. The molecular formula is C19H21ClN2O4. The molecule has 0 unspecified atom stereocenters. The zero-order valence-corrected chi connectivity index (χ0v) is 15.7. The number of hydrogen-bond acceptors (Lipinski definition) is 4. The SMILES string of the molecule is COc1ccc(C(=O)NCC(=O)N(C)Cc2ccccc2Cl)cc1OC. The van der Waals surface area contributed by atoms with Crippen molar-refractivity contribution >= 4 is 23.4 Å². The first-order valence-corrected chi connectivity index (χ1v) is 8.31. The average molecular weight is 377 g/mol. The number of likely N-dealkylation sites (N-methyl/N-ethyl adjacent to an activating group) is 1. The zero-order chi connectivity index (χ0) is 19.1. The molecule has 7 heteroatoms. The molecule has 0 spiro atoms. The monoisotopic (exact) mass is 376 g/mol. The summed E-state index contributed by atoms with van der Waals surface area (Å²) in [4.78, 5) is 26.0. The van der Waals surface area contributed by atoms with E-state index >= 15 is 0 Å². The zero-order valence-electron chi connectivity index (χ0n) is 14.9. The van der Waals surface area contributed by atoms with E-state index in [4.69, 9.17) is 21.1 Å². The molecule has 0 radical (unpaired) electrons. The standard InChI is InChI=1S/C19H21ClN2O4/c1-22(12-14-6-4-5-7-15(14)20)18(23)11-21-19(24)13-8-9-16(25-2)17(10-13)26-3/h4-10H,11-12H2,1-3H3,(H,21,24). The third-order valence-electron chi connectivity index (χ3n) is 3.84. The summed E-state index contributed by atoms with van der Waals surface area (Å²) in [6.07, 6.45) is 0. The maximum Gasteiger partial charge on any atom is 0.251 e. The maximum atomic E-state index is 12.3. The predicted octanol–water partition coefficient (Wildman–Crippen LogP) is 2.75. The van der Waals surface area contributed by atoms with Crippen LogP contribution >= 0.6 is 11.6 Å². The molecule has 0 aromatic heterocycles. The van der Waals surface area contributed by atoms with Crippen LogP contribution < -0.4 is 14.8 Å². The summed E-state index contributed by atoms with van der Waals surface area (Å²) in [6, 6.07) is 12.1. The number of ether oxygens (including phenoxy) is 2. The Bertz CT molecular complexity index is 795. The van der Waals surface area contributed by atoms with Gasteiger partial charge in [-0.3, -0.25) is 9.59 Å². The van der Waals surface area contributed by atoms with Gasteiger partial charge in [0.05, 0.1) is 20.8 Å². The Kier molecular flexibility index (Phi) is 6.86. The lowest BCUT2D eigenvalue weighted by Gasteiger charge is -2.18. The molecule has 26 heavy (non-hydrogen) atoms. The Hall–Kier alpha value is -2.73. The number of carbonyl (C=O) groups is 2. The fourth-order valence-electron chi connectivity index (χ4n) is 2.34. The van der Waals surface area contributed by atoms with Gasteiger partial charge in [0.1, 0.15) is 0 Å². The van der Waals surface area contributed by atoms with Gasteiger partial charge >= 0.3 is 0 Å².